The number of hydrogen-bond acceptors (Lipinski definition) is 5. The summed E-state index contributed by atoms with van der Waals surface area (Å²) in [5.74, 6) is 0.484. The Balaban J connectivity index is 1.46. The molecule has 1 aromatic rings. The molecule has 0 saturated carbocycles. The first-order chi connectivity index (χ1) is 14.6. The zero-order chi connectivity index (χ0) is 21.3. The monoisotopic (exact) mass is 417 g/mol. The third kappa shape index (κ3) is 6.19. The number of ether oxygens (including phenoxy) is 2. The summed E-state index contributed by atoms with van der Waals surface area (Å²) < 4.78 is 10.8. The van der Waals surface area contributed by atoms with E-state index in [1.165, 1.54) is 0 Å². The van der Waals surface area contributed by atoms with Gasteiger partial charge in [-0.05, 0) is 43.5 Å². The highest BCUT2D eigenvalue weighted by atomic mass is 16.5. The van der Waals surface area contributed by atoms with Gasteiger partial charge in [0.25, 0.3) is 11.8 Å². The minimum atomic E-state index is -0.160. The van der Waals surface area contributed by atoms with Gasteiger partial charge in [-0.3, -0.25) is 14.4 Å². The third-order valence-electron chi connectivity index (χ3n) is 5.48. The Morgan fingerprint density at radius 3 is 2.57 bits per heavy atom. The molecule has 1 atom stereocenters. The number of hydrogen-bond donors (Lipinski definition) is 1. The second-order valence-corrected chi connectivity index (χ2v) is 7.68. The molecule has 164 valence electrons. The molecule has 1 aromatic carbocycles. The Hall–Kier alpha value is -2.61. The lowest BCUT2D eigenvalue weighted by molar-refractivity contribution is -0.137. The second-order valence-electron chi connectivity index (χ2n) is 7.68. The molecule has 0 spiro atoms. The number of morpholine rings is 1. The number of benzene rings is 1. The van der Waals surface area contributed by atoms with Gasteiger partial charge in [0.1, 0.15) is 5.75 Å². The molecule has 2 aliphatic rings. The van der Waals surface area contributed by atoms with Crippen LogP contribution in [0.15, 0.2) is 24.3 Å². The van der Waals surface area contributed by atoms with Crippen LogP contribution in [0.2, 0.25) is 0 Å². The maximum absolute atomic E-state index is 12.6. The molecule has 8 nitrogen and oxygen atoms in total. The van der Waals surface area contributed by atoms with Crippen LogP contribution in [-0.4, -0.2) is 79.6 Å². The van der Waals surface area contributed by atoms with E-state index in [-0.39, 0.29) is 30.4 Å². The van der Waals surface area contributed by atoms with Gasteiger partial charge in [0, 0.05) is 44.2 Å². The van der Waals surface area contributed by atoms with Crippen LogP contribution in [0.5, 0.6) is 5.75 Å². The van der Waals surface area contributed by atoms with E-state index >= 15 is 0 Å². The number of carbonyl (C=O) groups is 3. The summed E-state index contributed by atoms with van der Waals surface area (Å²) in [6.07, 6.45) is 2.84. The molecule has 2 aliphatic heterocycles. The van der Waals surface area contributed by atoms with Crippen LogP contribution in [0.4, 0.5) is 0 Å². The molecule has 2 saturated heterocycles. The number of nitrogens with one attached hydrogen (secondary N) is 1. The van der Waals surface area contributed by atoms with Crippen LogP contribution in [-0.2, 0) is 14.3 Å². The standard InChI is InChI=1S/C22H31N3O5/c1-2-10-24-11-9-18(5-8-20(24)26)23-22(28)17-3-6-19(7-4-17)30-16-21(27)25-12-14-29-15-13-25/h3-4,6-7,18H,2,5,8-16H2,1H3,(H,23,28). The van der Waals surface area contributed by atoms with Crippen molar-refractivity contribution in [2.24, 2.45) is 0 Å². The van der Waals surface area contributed by atoms with Gasteiger partial charge in [0.05, 0.1) is 13.2 Å². The SMILES string of the molecule is CCCN1CCC(NC(=O)c2ccc(OCC(=O)N3CCOCC3)cc2)CCC1=O. The van der Waals surface area contributed by atoms with E-state index in [1.54, 1.807) is 29.2 Å². The summed E-state index contributed by atoms with van der Waals surface area (Å²) in [6, 6.07) is 6.76. The van der Waals surface area contributed by atoms with Crippen molar-refractivity contribution < 1.29 is 23.9 Å². The average molecular weight is 418 g/mol. The van der Waals surface area contributed by atoms with Crippen molar-refractivity contribution in [1.29, 1.82) is 0 Å². The lowest BCUT2D eigenvalue weighted by Gasteiger charge is -2.26. The van der Waals surface area contributed by atoms with E-state index in [9.17, 15) is 14.4 Å². The number of carbonyl (C=O) groups excluding carboxylic acids is 3. The Labute approximate surface area is 177 Å². The van der Waals surface area contributed by atoms with Crippen molar-refractivity contribution in [3.05, 3.63) is 29.8 Å². The van der Waals surface area contributed by atoms with Crippen molar-refractivity contribution in [3.63, 3.8) is 0 Å². The molecule has 1 unspecified atom stereocenters. The van der Waals surface area contributed by atoms with Gasteiger partial charge in [-0.15, -0.1) is 0 Å². The molecule has 2 fully saturated rings. The van der Waals surface area contributed by atoms with Crippen molar-refractivity contribution in [2.45, 2.75) is 38.6 Å². The highest BCUT2D eigenvalue weighted by Crippen LogP contribution is 2.16. The first kappa shape index (κ1) is 22.1. The Morgan fingerprint density at radius 2 is 1.87 bits per heavy atom. The summed E-state index contributed by atoms with van der Waals surface area (Å²) >= 11 is 0. The molecule has 1 N–H and O–H groups in total. The normalized spacial score (nSPS) is 19.9. The minimum Gasteiger partial charge on any atom is -0.484 e. The van der Waals surface area contributed by atoms with Crippen LogP contribution < -0.4 is 10.1 Å². The summed E-state index contributed by atoms with van der Waals surface area (Å²) in [7, 11) is 0. The van der Waals surface area contributed by atoms with E-state index in [2.05, 4.69) is 12.2 Å². The average Bonchev–Trinajstić information content (AvgIpc) is 2.95. The van der Waals surface area contributed by atoms with E-state index in [0.717, 1.165) is 19.4 Å². The zero-order valence-electron chi connectivity index (χ0n) is 17.6. The van der Waals surface area contributed by atoms with Crippen molar-refractivity contribution in [3.8, 4) is 5.75 Å². The number of likely N-dealkylation sites (tertiary alicyclic amines) is 1. The van der Waals surface area contributed by atoms with E-state index in [4.69, 9.17) is 9.47 Å². The Kier molecular flexibility index (Phi) is 8.07. The maximum Gasteiger partial charge on any atom is 0.260 e. The molecule has 8 heteroatoms. The second kappa shape index (κ2) is 11.0. The van der Waals surface area contributed by atoms with Gasteiger partial charge in [-0.2, -0.15) is 0 Å². The number of rotatable bonds is 7. The fraction of sp³-hybridized carbons (Fsp3) is 0.591. The van der Waals surface area contributed by atoms with Gasteiger partial charge < -0.3 is 24.6 Å². The predicted octanol–water partition coefficient (Wildman–Crippen LogP) is 1.45. The molecule has 0 aliphatic carbocycles. The molecule has 0 aromatic heterocycles. The van der Waals surface area contributed by atoms with Crippen LogP contribution in [0.25, 0.3) is 0 Å². The first-order valence-electron chi connectivity index (χ1n) is 10.7. The topological polar surface area (TPSA) is 88.2 Å². The molecule has 0 bridgehead atoms. The van der Waals surface area contributed by atoms with Gasteiger partial charge in [0.2, 0.25) is 5.91 Å². The van der Waals surface area contributed by atoms with E-state index in [1.807, 2.05) is 4.90 Å². The summed E-state index contributed by atoms with van der Waals surface area (Å²) in [5.41, 5.74) is 0.530. The van der Waals surface area contributed by atoms with Crippen LogP contribution in [0.1, 0.15) is 43.0 Å². The molecular weight excluding hydrogens is 386 g/mol. The highest BCUT2D eigenvalue weighted by molar-refractivity contribution is 5.94. The van der Waals surface area contributed by atoms with Crippen molar-refractivity contribution >= 4 is 17.7 Å². The lowest BCUT2D eigenvalue weighted by atomic mass is 10.1. The third-order valence-corrected chi connectivity index (χ3v) is 5.48. The maximum atomic E-state index is 12.6. The van der Waals surface area contributed by atoms with Gasteiger partial charge in [0.15, 0.2) is 6.61 Å². The van der Waals surface area contributed by atoms with Gasteiger partial charge >= 0.3 is 0 Å². The quantitative estimate of drug-likeness (QED) is 0.725. The molecule has 3 amide bonds. The summed E-state index contributed by atoms with van der Waals surface area (Å²) in [4.78, 5) is 40.4. The van der Waals surface area contributed by atoms with Gasteiger partial charge in [-0.25, -0.2) is 0 Å². The van der Waals surface area contributed by atoms with Crippen LogP contribution in [0, 0.1) is 0 Å². The zero-order valence-corrected chi connectivity index (χ0v) is 17.6. The molecule has 0 radical (unpaired) electrons. The molecule has 3 rings (SSSR count). The number of amides is 3. The molecular formula is C22H31N3O5. The fourth-order valence-corrected chi connectivity index (χ4v) is 3.71. The minimum absolute atomic E-state index is 0.00891. The lowest BCUT2D eigenvalue weighted by Crippen LogP contribution is -2.42. The van der Waals surface area contributed by atoms with E-state index in [0.29, 0.717) is 57.0 Å². The predicted molar refractivity (Wildman–Crippen MR) is 111 cm³/mol. The fourth-order valence-electron chi connectivity index (χ4n) is 3.71. The van der Waals surface area contributed by atoms with E-state index < -0.39 is 0 Å². The Bertz CT molecular complexity index is 731. The van der Waals surface area contributed by atoms with Crippen molar-refractivity contribution in [2.75, 3.05) is 46.0 Å². The summed E-state index contributed by atoms with van der Waals surface area (Å²) in [5, 5.41) is 3.04. The largest absolute Gasteiger partial charge is 0.484 e. The first-order valence-corrected chi connectivity index (χ1v) is 10.7. The Morgan fingerprint density at radius 1 is 1.13 bits per heavy atom. The van der Waals surface area contributed by atoms with Gasteiger partial charge in [-0.1, -0.05) is 6.92 Å². The summed E-state index contributed by atoms with van der Waals surface area (Å²) in [6.45, 7) is 5.77. The highest BCUT2D eigenvalue weighted by Gasteiger charge is 2.23. The smallest absolute Gasteiger partial charge is 0.260 e. The molecule has 30 heavy (non-hydrogen) atoms. The van der Waals surface area contributed by atoms with Crippen LogP contribution in [0.3, 0.4) is 0 Å². The van der Waals surface area contributed by atoms with Crippen molar-refractivity contribution in [1.82, 2.24) is 15.1 Å². The number of nitrogens with zero attached hydrogens (tertiary/aromatic N) is 2. The molecule has 2 heterocycles. The van der Waals surface area contributed by atoms with Crippen LogP contribution >= 0.6 is 0 Å².